The number of aromatic nitrogens is 2. The second-order valence-electron chi connectivity index (χ2n) is 19.5. The van der Waals surface area contributed by atoms with E-state index >= 15 is 0 Å². The van der Waals surface area contributed by atoms with Crippen LogP contribution in [0.1, 0.15) is 69.7 Å². The molecule has 0 bridgehead atoms. The van der Waals surface area contributed by atoms with Gasteiger partial charge in [0.2, 0.25) is 0 Å². The van der Waals surface area contributed by atoms with Crippen LogP contribution < -0.4 is 4.90 Å². The minimum Gasteiger partial charge on any atom is -0.507 e. The maximum absolute atomic E-state index is 11.2. The third-order valence-corrected chi connectivity index (χ3v) is 13.0. The Bertz CT molecular complexity index is 3230. The fourth-order valence-electron chi connectivity index (χ4n) is 9.37. The SMILES string of the molecule is CC(C)(C)c1cc(-c2cc(-c3[c-]c(-c4cc(-c5cccc6c5N(c5ccccc5)C5C=CC=CC65)ccn4)c(-c4ccc(C#N)cc4)cc3)nc(-c3ccccc3O)c2)cc(C(C)(C)C)c1.[Pt]. The largest absolute Gasteiger partial charge is 0.507 e. The molecule has 6 heteroatoms. The van der Waals surface area contributed by atoms with Gasteiger partial charge in [-0.25, -0.2) is 0 Å². The number of pyridine rings is 2. The predicted molar refractivity (Wildman–Crippen MR) is 271 cm³/mol. The van der Waals surface area contributed by atoms with Gasteiger partial charge >= 0.3 is 0 Å². The normalized spacial score (nSPS) is 15.1. The Kier molecular flexibility index (Phi) is 12.1. The molecular weight excluding hydrogens is 1000 g/mol. The molecule has 3 heterocycles. The van der Waals surface area contributed by atoms with Gasteiger partial charge in [-0.05, 0) is 92.7 Å². The minimum absolute atomic E-state index is 0. The molecule has 0 fully saturated rings. The van der Waals surface area contributed by atoms with Crippen LogP contribution in [-0.4, -0.2) is 21.1 Å². The van der Waals surface area contributed by atoms with Crippen molar-refractivity contribution in [3.63, 3.8) is 0 Å². The van der Waals surface area contributed by atoms with Crippen molar-refractivity contribution in [2.24, 2.45) is 0 Å². The average molecular weight is 1050 g/mol. The van der Waals surface area contributed by atoms with Crippen LogP contribution in [0.3, 0.4) is 0 Å². The zero-order valence-electron chi connectivity index (χ0n) is 38.5. The molecule has 0 saturated carbocycles. The Balaban J connectivity index is 0.00000562. The van der Waals surface area contributed by atoms with Gasteiger partial charge in [-0.3, -0.25) is 9.97 Å². The molecule has 10 rings (SSSR count). The van der Waals surface area contributed by atoms with E-state index in [1.54, 1.807) is 6.07 Å². The van der Waals surface area contributed by atoms with Gasteiger partial charge in [-0.1, -0.05) is 179 Å². The maximum Gasteiger partial charge on any atom is 0.124 e. The van der Waals surface area contributed by atoms with Crippen molar-refractivity contribution in [3.8, 4) is 79.0 Å². The van der Waals surface area contributed by atoms with Crippen LogP contribution >= 0.6 is 0 Å². The summed E-state index contributed by atoms with van der Waals surface area (Å²) in [6.45, 7) is 13.5. The van der Waals surface area contributed by atoms with Gasteiger partial charge in [0.05, 0.1) is 29.1 Å². The van der Waals surface area contributed by atoms with Gasteiger partial charge in [-0.2, -0.15) is 5.26 Å². The fourth-order valence-corrected chi connectivity index (χ4v) is 9.37. The van der Waals surface area contributed by atoms with Crippen molar-refractivity contribution in [3.05, 3.63) is 210 Å². The molecule has 332 valence electrons. The zero-order valence-corrected chi connectivity index (χ0v) is 40.8. The number of fused-ring (bicyclic) bond motifs is 3. The fraction of sp³-hybridized carbons (Fsp3) is 0.164. The van der Waals surface area contributed by atoms with Crippen LogP contribution in [0.4, 0.5) is 11.4 Å². The molecule has 1 aliphatic carbocycles. The number of nitriles is 1. The average Bonchev–Trinajstić information content (AvgIpc) is 3.68. The molecule has 8 aromatic rings. The van der Waals surface area contributed by atoms with E-state index in [0.29, 0.717) is 16.8 Å². The van der Waals surface area contributed by atoms with Crippen molar-refractivity contribution >= 4 is 11.4 Å². The van der Waals surface area contributed by atoms with Gasteiger partial charge in [-0.15, -0.1) is 18.2 Å². The summed E-state index contributed by atoms with van der Waals surface area (Å²) in [4.78, 5) is 12.8. The van der Waals surface area contributed by atoms with E-state index in [1.165, 1.54) is 22.4 Å². The van der Waals surface area contributed by atoms with E-state index in [4.69, 9.17) is 9.97 Å². The second kappa shape index (κ2) is 17.9. The number of allylic oxidation sites excluding steroid dienone is 2. The van der Waals surface area contributed by atoms with Gasteiger partial charge in [0.25, 0.3) is 0 Å². The number of hydrogen-bond acceptors (Lipinski definition) is 5. The van der Waals surface area contributed by atoms with Crippen LogP contribution in [-0.2, 0) is 31.9 Å². The van der Waals surface area contributed by atoms with Gasteiger partial charge in [0, 0.05) is 61.4 Å². The number of phenolic OH excluding ortho intramolecular Hbond substituents is 1. The molecule has 0 spiro atoms. The molecule has 1 N–H and O–H groups in total. The number of phenols is 1. The molecule has 2 aliphatic rings. The molecule has 2 aromatic heterocycles. The number of rotatable bonds is 7. The van der Waals surface area contributed by atoms with E-state index in [2.05, 4.69) is 186 Å². The number of hydrogen-bond donors (Lipinski definition) is 1. The molecule has 2 atom stereocenters. The number of benzene rings is 6. The summed E-state index contributed by atoms with van der Waals surface area (Å²) < 4.78 is 0. The van der Waals surface area contributed by atoms with E-state index in [1.807, 2.05) is 48.7 Å². The summed E-state index contributed by atoms with van der Waals surface area (Å²) in [7, 11) is 0. The van der Waals surface area contributed by atoms with Gasteiger partial charge in [0.1, 0.15) is 5.75 Å². The summed E-state index contributed by atoms with van der Waals surface area (Å²) in [5.74, 6) is 0.389. The van der Waals surface area contributed by atoms with Crippen LogP contribution in [0.25, 0.3) is 67.2 Å². The smallest absolute Gasteiger partial charge is 0.124 e. The first kappa shape index (κ1) is 45.1. The van der Waals surface area contributed by atoms with Crippen LogP contribution in [0, 0.1) is 17.4 Å². The third-order valence-electron chi connectivity index (χ3n) is 13.0. The standard InChI is InChI=1S/C61H51N4O.Pt/c1-60(2,3)45-31-43(32-46(37-45)61(4,5)6)44-35-54(64-56(36-44)52-18-11-13-22-58(52)66)42-27-28-48(40-25-23-39(38-62)24-26-40)53(33-42)55-34-41(29-30-63-55)49-19-14-20-51-50-17-10-12-21-57(50)65(59(49)51)47-15-8-7-9-16-47;/h7-32,34-37,50,57,66H,1-6H3;/q-1;. The predicted octanol–water partition coefficient (Wildman–Crippen LogP) is 15.2. The van der Waals surface area contributed by atoms with Crippen molar-refractivity contribution < 1.29 is 26.2 Å². The molecule has 6 aromatic carbocycles. The molecule has 2 unspecified atom stereocenters. The summed E-state index contributed by atoms with van der Waals surface area (Å²) >= 11 is 0. The van der Waals surface area contributed by atoms with Gasteiger partial charge in [0.15, 0.2) is 0 Å². The van der Waals surface area contributed by atoms with Crippen molar-refractivity contribution in [1.82, 2.24) is 9.97 Å². The molecule has 1 aliphatic heterocycles. The molecule has 0 amide bonds. The maximum atomic E-state index is 11.2. The molecule has 5 nitrogen and oxygen atoms in total. The monoisotopic (exact) mass is 1050 g/mol. The summed E-state index contributed by atoms with van der Waals surface area (Å²) in [5.41, 5.74) is 17.1. The van der Waals surface area contributed by atoms with Gasteiger partial charge < -0.3 is 10.0 Å². The number of nitrogens with zero attached hydrogens (tertiary/aromatic N) is 4. The van der Waals surface area contributed by atoms with Crippen LogP contribution in [0.5, 0.6) is 5.75 Å². The Morgan fingerprint density at radius 1 is 0.597 bits per heavy atom. The van der Waals surface area contributed by atoms with Crippen molar-refractivity contribution in [1.29, 1.82) is 5.26 Å². The first-order chi connectivity index (χ1) is 31.8. The summed E-state index contributed by atoms with van der Waals surface area (Å²) in [6.07, 6.45) is 10.8. The Hall–Kier alpha value is -7.12. The molecular formula is C61H51N4OPt-. The van der Waals surface area contributed by atoms with E-state index in [0.717, 1.165) is 61.6 Å². The zero-order chi connectivity index (χ0) is 45.7. The quantitative estimate of drug-likeness (QED) is 0.161. The minimum atomic E-state index is -0.0795. The number of para-hydroxylation sites is 3. The van der Waals surface area contributed by atoms with Crippen LogP contribution in [0.15, 0.2) is 182 Å². The van der Waals surface area contributed by atoms with E-state index < -0.39 is 0 Å². The summed E-state index contributed by atoms with van der Waals surface area (Å²) in [6, 6.07) is 58.3. The molecule has 0 saturated heterocycles. The molecule has 67 heavy (non-hydrogen) atoms. The first-order valence-electron chi connectivity index (χ1n) is 22.7. The number of anilines is 2. The number of aromatic hydroxyl groups is 1. The third kappa shape index (κ3) is 8.71. The topological polar surface area (TPSA) is 73.0 Å². The Labute approximate surface area is 409 Å². The van der Waals surface area contributed by atoms with Crippen molar-refractivity contribution in [2.45, 2.75) is 64.3 Å². The van der Waals surface area contributed by atoms with E-state index in [9.17, 15) is 10.4 Å². The Morgan fingerprint density at radius 3 is 1.97 bits per heavy atom. The van der Waals surface area contributed by atoms with E-state index in [-0.39, 0.29) is 49.6 Å². The second-order valence-corrected chi connectivity index (χ2v) is 19.5. The van der Waals surface area contributed by atoms with Crippen LogP contribution in [0.2, 0.25) is 0 Å². The first-order valence-corrected chi connectivity index (χ1v) is 22.7. The Morgan fingerprint density at radius 2 is 1.25 bits per heavy atom. The summed E-state index contributed by atoms with van der Waals surface area (Å²) in [5, 5.41) is 20.9. The van der Waals surface area contributed by atoms with Crippen molar-refractivity contribution in [2.75, 3.05) is 4.90 Å². The molecule has 0 radical (unpaired) electrons.